The molecule has 0 heterocycles. The predicted octanol–water partition coefficient (Wildman–Crippen LogP) is -0.636. The van der Waals surface area contributed by atoms with Gasteiger partial charge in [0.1, 0.15) is 15.9 Å². The summed E-state index contributed by atoms with van der Waals surface area (Å²) < 4.78 is 22.0. The van der Waals surface area contributed by atoms with Gasteiger partial charge in [-0.2, -0.15) is 0 Å². The molecule has 4 N–H and O–H groups in total. The van der Waals surface area contributed by atoms with Crippen molar-refractivity contribution in [2.24, 2.45) is 11.1 Å². The molecule has 0 radical (unpaired) electrons. The molecule has 0 spiro atoms. The molecule has 0 aliphatic carbocycles. The van der Waals surface area contributed by atoms with E-state index in [1.54, 1.807) is 20.8 Å². The van der Waals surface area contributed by atoms with Crippen LogP contribution in [0.15, 0.2) is 0 Å². The highest BCUT2D eigenvalue weighted by atomic mass is 32.2. The van der Waals surface area contributed by atoms with Gasteiger partial charge in [0.05, 0.1) is 11.8 Å². The molecule has 0 rings (SSSR count). The highest BCUT2D eigenvalue weighted by molar-refractivity contribution is 7.90. The van der Waals surface area contributed by atoms with Crippen LogP contribution in [0.4, 0.5) is 0 Å². The van der Waals surface area contributed by atoms with E-state index in [0.717, 1.165) is 6.26 Å². The molecule has 0 saturated carbocycles. The third kappa shape index (κ3) is 7.12. The molecule has 0 aromatic heterocycles. The Bertz CT molecular complexity index is 438. The monoisotopic (exact) mass is 294 g/mol. The summed E-state index contributed by atoms with van der Waals surface area (Å²) in [4.78, 5) is 22.8. The zero-order valence-corrected chi connectivity index (χ0v) is 12.5. The standard InChI is InChI=1S/C11H22N2O5S/c1-11(2,3)8(12)9(14)13-7(10(15)16)5-6-19(4,17)18/h7-8H,5-6,12H2,1-4H3,(H,13,14)(H,15,16). The molecule has 8 heteroatoms. The minimum Gasteiger partial charge on any atom is -0.480 e. The maximum atomic E-state index is 11.8. The molecule has 7 nitrogen and oxygen atoms in total. The third-order valence-corrected chi connectivity index (χ3v) is 3.58. The first kappa shape index (κ1) is 17.8. The predicted molar refractivity (Wildman–Crippen MR) is 71.3 cm³/mol. The maximum absolute atomic E-state index is 11.8. The first-order valence-electron chi connectivity index (χ1n) is 5.81. The summed E-state index contributed by atoms with van der Waals surface area (Å²) >= 11 is 0. The number of nitrogens with one attached hydrogen (secondary N) is 1. The summed E-state index contributed by atoms with van der Waals surface area (Å²) in [5.74, 6) is -2.19. The van der Waals surface area contributed by atoms with Gasteiger partial charge in [-0.05, 0) is 11.8 Å². The van der Waals surface area contributed by atoms with Gasteiger partial charge in [0.15, 0.2) is 0 Å². The Morgan fingerprint density at radius 1 is 1.32 bits per heavy atom. The van der Waals surface area contributed by atoms with Gasteiger partial charge in [0, 0.05) is 6.26 Å². The van der Waals surface area contributed by atoms with E-state index in [-0.39, 0.29) is 12.2 Å². The number of carboxylic acids is 1. The SMILES string of the molecule is CC(C)(C)C(N)C(=O)NC(CCS(C)(=O)=O)C(=O)O. The van der Waals surface area contributed by atoms with E-state index < -0.39 is 39.2 Å². The maximum Gasteiger partial charge on any atom is 0.326 e. The van der Waals surface area contributed by atoms with Crippen molar-refractivity contribution in [3.05, 3.63) is 0 Å². The second-order valence-corrected chi connectivity index (χ2v) is 7.92. The van der Waals surface area contributed by atoms with Gasteiger partial charge < -0.3 is 16.2 Å². The second kappa shape index (κ2) is 6.33. The summed E-state index contributed by atoms with van der Waals surface area (Å²) in [6, 6.07) is -2.12. The topological polar surface area (TPSA) is 127 Å². The summed E-state index contributed by atoms with van der Waals surface area (Å²) in [6.07, 6.45) is 0.825. The van der Waals surface area contributed by atoms with E-state index in [0.29, 0.717) is 0 Å². The minimum absolute atomic E-state index is 0.184. The molecule has 2 atom stereocenters. The van der Waals surface area contributed by atoms with Gasteiger partial charge in [-0.3, -0.25) is 4.79 Å². The fraction of sp³-hybridized carbons (Fsp3) is 0.818. The van der Waals surface area contributed by atoms with Gasteiger partial charge >= 0.3 is 5.97 Å². The zero-order valence-electron chi connectivity index (χ0n) is 11.6. The Hall–Kier alpha value is -1.15. The lowest BCUT2D eigenvalue weighted by molar-refractivity contribution is -0.142. The highest BCUT2D eigenvalue weighted by Crippen LogP contribution is 2.17. The third-order valence-electron chi connectivity index (χ3n) is 2.61. The summed E-state index contributed by atoms with van der Waals surface area (Å²) in [5.41, 5.74) is 5.19. The fourth-order valence-electron chi connectivity index (χ4n) is 1.24. The molecule has 0 bridgehead atoms. The van der Waals surface area contributed by atoms with Crippen molar-refractivity contribution in [3.8, 4) is 0 Å². The highest BCUT2D eigenvalue weighted by Gasteiger charge is 2.30. The average molecular weight is 294 g/mol. The van der Waals surface area contributed by atoms with Gasteiger partial charge in [0.25, 0.3) is 0 Å². The molecular formula is C11H22N2O5S. The van der Waals surface area contributed by atoms with E-state index >= 15 is 0 Å². The number of carbonyl (C=O) groups is 2. The van der Waals surface area contributed by atoms with Crippen LogP contribution in [-0.2, 0) is 19.4 Å². The lowest BCUT2D eigenvalue weighted by Crippen LogP contribution is -2.53. The Morgan fingerprint density at radius 3 is 2.11 bits per heavy atom. The molecule has 1 amide bonds. The summed E-state index contributed by atoms with van der Waals surface area (Å²) in [5, 5.41) is 11.2. The number of aliphatic carboxylic acids is 1. The van der Waals surface area contributed by atoms with Gasteiger partial charge in [-0.1, -0.05) is 20.8 Å². The first-order chi connectivity index (χ1) is 8.34. The van der Waals surface area contributed by atoms with Crippen LogP contribution in [0.25, 0.3) is 0 Å². The van der Waals surface area contributed by atoms with Crippen LogP contribution in [0.5, 0.6) is 0 Å². The van der Waals surface area contributed by atoms with Crippen LogP contribution in [0, 0.1) is 5.41 Å². The van der Waals surface area contributed by atoms with Crippen LogP contribution in [0.3, 0.4) is 0 Å². The summed E-state index contributed by atoms with van der Waals surface area (Å²) in [7, 11) is -3.28. The lowest BCUT2D eigenvalue weighted by Gasteiger charge is -2.27. The number of hydrogen-bond acceptors (Lipinski definition) is 5. The Labute approximate surface area is 113 Å². The molecule has 19 heavy (non-hydrogen) atoms. The average Bonchev–Trinajstić information content (AvgIpc) is 2.19. The number of sulfone groups is 1. The minimum atomic E-state index is -3.28. The number of amides is 1. The van der Waals surface area contributed by atoms with Gasteiger partial charge in [0.2, 0.25) is 5.91 Å². The largest absolute Gasteiger partial charge is 0.480 e. The normalized spacial score (nSPS) is 15.6. The Kier molecular flexibility index (Phi) is 5.95. The van der Waals surface area contributed by atoms with Crippen LogP contribution >= 0.6 is 0 Å². The first-order valence-corrected chi connectivity index (χ1v) is 7.87. The molecule has 0 aliphatic rings. The van der Waals surface area contributed by atoms with Crippen molar-refractivity contribution in [2.75, 3.05) is 12.0 Å². The molecule has 0 aromatic rings. The van der Waals surface area contributed by atoms with E-state index in [1.807, 2.05) is 0 Å². The molecule has 2 unspecified atom stereocenters. The molecule has 0 saturated heterocycles. The van der Waals surface area contributed by atoms with E-state index in [9.17, 15) is 18.0 Å². The van der Waals surface area contributed by atoms with Crippen LogP contribution in [0.1, 0.15) is 27.2 Å². The van der Waals surface area contributed by atoms with E-state index in [2.05, 4.69) is 5.32 Å². The van der Waals surface area contributed by atoms with Crippen molar-refractivity contribution >= 4 is 21.7 Å². The second-order valence-electron chi connectivity index (χ2n) is 5.66. The van der Waals surface area contributed by atoms with E-state index in [4.69, 9.17) is 10.8 Å². The molecule has 112 valence electrons. The zero-order chi connectivity index (χ0) is 15.4. The van der Waals surface area contributed by atoms with Crippen LogP contribution in [0.2, 0.25) is 0 Å². The van der Waals surface area contributed by atoms with Crippen molar-refractivity contribution in [1.29, 1.82) is 0 Å². The smallest absolute Gasteiger partial charge is 0.326 e. The van der Waals surface area contributed by atoms with Crippen molar-refractivity contribution in [1.82, 2.24) is 5.32 Å². The van der Waals surface area contributed by atoms with Gasteiger partial charge in [-0.25, -0.2) is 13.2 Å². The van der Waals surface area contributed by atoms with Crippen molar-refractivity contribution < 1.29 is 23.1 Å². The van der Waals surface area contributed by atoms with Crippen LogP contribution in [-0.4, -0.2) is 49.5 Å². The number of hydrogen-bond donors (Lipinski definition) is 3. The summed E-state index contributed by atoms with van der Waals surface area (Å²) in [6.45, 7) is 5.26. The number of nitrogens with two attached hydrogens (primary N) is 1. The molecule has 0 fully saturated rings. The fourth-order valence-corrected chi connectivity index (χ4v) is 1.91. The Balaban J connectivity index is 4.69. The number of rotatable bonds is 6. The van der Waals surface area contributed by atoms with E-state index in [1.165, 1.54) is 0 Å². The van der Waals surface area contributed by atoms with Crippen molar-refractivity contribution in [2.45, 2.75) is 39.3 Å². The number of carboxylic acid groups (broad SMARTS) is 1. The molecule has 0 aliphatic heterocycles. The molecular weight excluding hydrogens is 272 g/mol. The lowest BCUT2D eigenvalue weighted by atomic mass is 9.87. The van der Waals surface area contributed by atoms with Gasteiger partial charge in [-0.15, -0.1) is 0 Å². The Morgan fingerprint density at radius 2 is 1.79 bits per heavy atom. The number of carbonyl (C=O) groups excluding carboxylic acids is 1. The van der Waals surface area contributed by atoms with Crippen LogP contribution < -0.4 is 11.1 Å². The molecule has 0 aromatic carbocycles. The quantitative estimate of drug-likeness (QED) is 0.598. The van der Waals surface area contributed by atoms with Crippen molar-refractivity contribution in [3.63, 3.8) is 0 Å².